The van der Waals surface area contributed by atoms with Crippen LogP contribution in [0.4, 0.5) is 10.5 Å². The maximum atomic E-state index is 12.3. The van der Waals surface area contributed by atoms with Crippen LogP contribution in [-0.4, -0.2) is 62.0 Å². The molecule has 0 saturated carbocycles. The lowest BCUT2D eigenvalue weighted by molar-refractivity contribution is 0.0240. The Labute approximate surface area is 159 Å². The molecule has 0 spiro atoms. The number of carbonyl (C=O) groups excluding carboxylic acids is 1. The highest BCUT2D eigenvalue weighted by Crippen LogP contribution is 2.35. The van der Waals surface area contributed by atoms with Crippen LogP contribution in [0.3, 0.4) is 0 Å². The largest absolute Gasteiger partial charge is 0.493 e. The fourth-order valence-corrected chi connectivity index (χ4v) is 3.19. The van der Waals surface area contributed by atoms with E-state index in [1.807, 2.05) is 39.0 Å². The summed E-state index contributed by atoms with van der Waals surface area (Å²) in [5, 5.41) is 1.00. The minimum atomic E-state index is -0.481. The number of fused-ring (bicyclic) bond motifs is 1. The number of hydrogen-bond donors (Lipinski definition) is 0. The van der Waals surface area contributed by atoms with Gasteiger partial charge in [0, 0.05) is 49.5 Å². The first kappa shape index (κ1) is 19.1. The van der Waals surface area contributed by atoms with Gasteiger partial charge in [-0.3, -0.25) is 4.98 Å². The van der Waals surface area contributed by atoms with E-state index in [0.29, 0.717) is 24.6 Å². The van der Waals surface area contributed by atoms with Crippen molar-refractivity contribution in [2.75, 3.05) is 45.3 Å². The molecule has 1 fully saturated rings. The highest BCUT2D eigenvalue weighted by atomic mass is 16.6. The Morgan fingerprint density at radius 1 is 1.04 bits per heavy atom. The highest BCUT2D eigenvalue weighted by molar-refractivity contribution is 5.94. The molecule has 1 aliphatic rings. The van der Waals surface area contributed by atoms with Crippen LogP contribution in [0.25, 0.3) is 10.9 Å². The fraction of sp³-hybridized carbons (Fsp3) is 0.500. The number of hydrogen-bond acceptors (Lipinski definition) is 6. The normalized spacial score (nSPS) is 15.0. The van der Waals surface area contributed by atoms with Crippen molar-refractivity contribution in [2.24, 2.45) is 0 Å². The van der Waals surface area contributed by atoms with Crippen molar-refractivity contribution >= 4 is 22.7 Å². The number of pyridine rings is 1. The van der Waals surface area contributed by atoms with Gasteiger partial charge in [-0.25, -0.2) is 4.79 Å². The summed E-state index contributed by atoms with van der Waals surface area (Å²) < 4.78 is 16.3. The average molecular weight is 373 g/mol. The Morgan fingerprint density at radius 2 is 1.67 bits per heavy atom. The van der Waals surface area contributed by atoms with Gasteiger partial charge in [-0.15, -0.1) is 0 Å². The monoisotopic (exact) mass is 373 g/mol. The summed E-state index contributed by atoms with van der Waals surface area (Å²) >= 11 is 0. The molecule has 0 unspecified atom stereocenters. The second-order valence-electron chi connectivity index (χ2n) is 7.51. The maximum Gasteiger partial charge on any atom is 0.410 e. The maximum absolute atomic E-state index is 12.3. The molecule has 1 saturated heterocycles. The molecule has 1 amide bonds. The van der Waals surface area contributed by atoms with Crippen LogP contribution in [0.5, 0.6) is 11.5 Å². The van der Waals surface area contributed by atoms with Gasteiger partial charge in [0.15, 0.2) is 11.5 Å². The van der Waals surface area contributed by atoms with Gasteiger partial charge < -0.3 is 24.0 Å². The quantitative estimate of drug-likeness (QED) is 0.822. The molecule has 1 aromatic carbocycles. The molecule has 7 heteroatoms. The summed E-state index contributed by atoms with van der Waals surface area (Å²) in [6.07, 6.45) is 1.54. The summed E-state index contributed by atoms with van der Waals surface area (Å²) in [5.41, 5.74) is 1.44. The van der Waals surface area contributed by atoms with Crippen LogP contribution < -0.4 is 14.4 Å². The molecule has 146 valence electrons. The van der Waals surface area contributed by atoms with Gasteiger partial charge in [-0.2, -0.15) is 0 Å². The summed E-state index contributed by atoms with van der Waals surface area (Å²) in [4.78, 5) is 20.7. The standard InChI is InChI=1S/C20H27N3O4/c1-20(2,3)27-19(24)23-10-8-22(9-11-23)16-6-7-21-15-13-18(26-5)17(25-4)12-14(15)16/h6-7,12-13H,8-11H2,1-5H3. The van der Waals surface area contributed by atoms with Gasteiger partial charge in [0.2, 0.25) is 0 Å². The molecule has 3 rings (SSSR count). The second kappa shape index (κ2) is 7.50. The predicted molar refractivity (Wildman–Crippen MR) is 105 cm³/mol. The third-order valence-electron chi connectivity index (χ3n) is 4.50. The number of nitrogens with zero attached hydrogens (tertiary/aromatic N) is 3. The number of carbonyl (C=O) groups is 1. The van der Waals surface area contributed by atoms with E-state index in [1.54, 1.807) is 25.3 Å². The molecule has 2 heterocycles. The third kappa shape index (κ3) is 4.18. The molecule has 0 bridgehead atoms. The molecular weight excluding hydrogens is 346 g/mol. The molecule has 0 aliphatic carbocycles. The van der Waals surface area contributed by atoms with Gasteiger partial charge in [-0.1, -0.05) is 0 Å². The summed E-state index contributed by atoms with van der Waals surface area (Å²) in [7, 11) is 3.24. The molecule has 0 atom stereocenters. The zero-order chi connectivity index (χ0) is 19.6. The second-order valence-corrected chi connectivity index (χ2v) is 7.51. The van der Waals surface area contributed by atoms with Crippen molar-refractivity contribution in [3.05, 3.63) is 24.4 Å². The number of ether oxygens (including phenoxy) is 3. The summed E-state index contributed by atoms with van der Waals surface area (Å²) in [5.74, 6) is 1.33. The smallest absolute Gasteiger partial charge is 0.410 e. The first-order valence-electron chi connectivity index (χ1n) is 9.06. The Morgan fingerprint density at radius 3 is 2.26 bits per heavy atom. The Bertz CT molecular complexity index is 824. The van der Waals surface area contributed by atoms with Gasteiger partial charge in [-0.05, 0) is 32.9 Å². The van der Waals surface area contributed by atoms with Crippen molar-refractivity contribution in [2.45, 2.75) is 26.4 Å². The van der Waals surface area contributed by atoms with Crippen LogP contribution in [0.15, 0.2) is 24.4 Å². The minimum absolute atomic E-state index is 0.256. The van der Waals surface area contributed by atoms with Crippen molar-refractivity contribution in [1.82, 2.24) is 9.88 Å². The number of amides is 1. The van der Waals surface area contributed by atoms with E-state index in [1.165, 1.54) is 0 Å². The number of methoxy groups -OCH3 is 2. The summed E-state index contributed by atoms with van der Waals surface area (Å²) in [6, 6.07) is 5.84. The number of aromatic nitrogens is 1. The summed E-state index contributed by atoms with van der Waals surface area (Å²) in [6.45, 7) is 8.33. The van der Waals surface area contributed by atoms with Crippen molar-refractivity contribution in [1.29, 1.82) is 0 Å². The van der Waals surface area contributed by atoms with Crippen LogP contribution in [0, 0.1) is 0 Å². The third-order valence-corrected chi connectivity index (χ3v) is 4.50. The molecule has 0 N–H and O–H groups in total. The van der Waals surface area contributed by atoms with Gasteiger partial charge in [0.1, 0.15) is 5.60 Å². The van der Waals surface area contributed by atoms with Gasteiger partial charge in [0.25, 0.3) is 0 Å². The zero-order valence-electron chi connectivity index (χ0n) is 16.6. The number of benzene rings is 1. The molecule has 27 heavy (non-hydrogen) atoms. The molecule has 1 aromatic heterocycles. The van der Waals surface area contributed by atoms with Crippen LogP contribution in [0.1, 0.15) is 20.8 Å². The molecule has 0 radical (unpaired) electrons. The van der Waals surface area contributed by atoms with E-state index in [0.717, 1.165) is 29.7 Å². The van der Waals surface area contributed by atoms with Crippen molar-refractivity contribution < 1.29 is 19.0 Å². The van der Waals surface area contributed by atoms with E-state index in [-0.39, 0.29) is 6.09 Å². The lowest BCUT2D eigenvalue weighted by Gasteiger charge is -2.37. The Balaban J connectivity index is 1.80. The van der Waals surface area contributed by atoms with E-state index in [2.05, 4.69) is 9.88 Å². The fourth-order valence-electron chi connectivity index (χ4n) is 3.19. The van der Waals surface area contributed by atoms with Crippen molar-refractivity contribution in [3.63, 3.8) is 0 Å². The lowest BCUT2D eigenvalue weighted by Crippen LogP contribution is -2.50. The SMILES string of the molecule is COc1cc2nccc(N3CCN(C(=O)OC(C)(C)C)CC3)c2cc1OC. The zero-order valence-corrected chi connectivity index (χ0v) is 16.6. The molecule has 7 nitrogen and oxygen atoms in total. The van der Waals surface area contributed by atoms with Gasteiger partial charge in [0.05, 0.1) is 19.7 Å². The minimum Gasteiger partial charge on any atom is -0.493 e. The first-order valence-corrected chi connectivity index (χ1v) is 9.06. The van der Waals surface area contributed by atoms with E-state index >= 15 is 0 Å². The number of anilines is 1. The molecular formula is C20H27N3O4. The van der Waals surface area contributed by atoms with Crippen LogP contribution in [-0.2, 0) is 4.74 Å². The predicted octanol–water partition coefficient (Wildman–Crippen LogP) is 3.31. The highest BCUT2D eigenvalue weighted by Gasteiger charge is 2.26. The van der Waals surface area contributed by atoms with Crippen LogP contribution >= 0.6 is 0 Å². The molecule has 1 aliphatic heterocycles. The Hall–Kier alpha value is -2.70. The first-order chi connectivity index (χ1) is 12.8. The van der Waals surface area contributed by atoms with Crippen LogP contribution in [0.2, 0.25) is 0 Å². The number of piperazine rings is 1. The van der Waals surface area contributed by atoms with E-state index < -0.39 is 5.60 Å². The van der Waals surface area contributed by atoms with E-state index in [9.17, 15) is 4.79 Å². The average Bonchev–Trinajstić information content (AvgIpc) is 2.65. The Kier molecular flexibility index (Phi) is 5.30. The lowest BCUT2D eigenvalue weighted by atomic mass is 10.1. The number of rotatable bonds is 3. The molecule has 2 aromatic rings. The van der Waals surface area contributed by atoms with Crippen molar-refractivity contribution in [3.8, 4) is 11.5 Å². The topological polar surface area (TPSA) is 64.1 Å². The van der Waals surface area contributed by atoms with E-state index in [4.69, 9.17) is 14.2 Å². The van der Waals surface area contributed by atoms with Gasteiger partial charge >= 0.3 is 6.09 Å².